The first-order chi connectivity index (χ1) is 10.5. The summed E-state index contributed by atoms with van der Waals surface area (Å²) in [7, 11) is 0.841. The number of hydrogen-bond donors (Lipinski definition) is 0. The van der Waals surface area contributed by atoms with Crippen molar-refractivity contribution in [3.8, 4) is 11.5 Å². The molecule has 1 rings (SSSR count). The second-order valence-corrected chi connectivity index (χ2v) is 4.01. The number of esters is 1. The standard InChI is InChI=1S/C12H11F6NO4/c1-3-22-8(20)4-6-9(21-2)7(23-12(16,17)18)5-19-10(6)11(13,14)15/h5H,3-4H2,1-2H3. The van der Waals surface area contributed by atoms with Gasteiger partial charge in [-0.15, -0.1) is 13.2 Å². The van der Waals surface area contributed by atoms with Crippen molar-refractivity contribution in [2.24, 2.45) is 0 Å². The van der Waals surface area contributed by atoms with Gasteiger partial charge in [0, 0.05) is 5.56 Å². The first-order valence-electron chi connectivity index (χ1n) is 6.04. The number of alkyl halides is 6. The van der Waals surface area contributed by atoms with Crippen molar-refractivity contribution in [2.45, 2.75) is 25.9 Å². The lowest BCUT2D eigenvalue weighted by molar-refractivity contribution is -0.275. The fraction of sp³-hybridized carbons (Fsp3) is 0.500. The molecule has 0 aliphatic heterocycles. The highest BCUT2D eigenvalue weighted by atomic mass is 19.4. The summed E-state index contributed by atoms with van der Waals surface area (Å²) in [6, 6.07) is 0. The average molecular weight is 347 g/mol. The van der Waals surface area contributed by atoms with Gasteiger partial charge in [0.05, 0.1) is 26.3 Å². The molecule has 1 aromatic heterocycles. The predicted molar refractivity (Wildman–Crippen MR) is 62.8 cm³/mol. The first kappa shape index (κ1) is 18.8. The molecule has 1 aromatic rings. The Kier molecular flexibility index (Phi) is 5.67. The second-order valence-electron chi connectivity index (χ2n) is 4.01. The Morgan fingerprint density at radius 3 is 2.26 bits per heavy atom. The minimum atomic E-state index is -5.17. The fourth-order valence-corrected chi connectivity index (χ4v) is 1.70. The van der Waals surface area contributed by atoms with Crippen LogP contribution in [-0.2, 0) is 22.1 Å². The molecule has 0 unspecified atom stereocenters. The Labute approximate surface area is 126 Å². The van der Waals surface area contributed by atoms with E-state index in [0.29, 0.717) is 0 Å². The summed E-state index contributed by atoms with van der Waals surface area (Å²) < 4.78 is 88.3. The van der Waals surface area contributed by atoms with Crippen LogP contribution in [0.15, 0.2) is 6.20 Å². The maximum absolute atomic E-state index is 12.9. The zero-order chi connectivity index (χ0) is 17.8. The molecule has 5 nitrogen and oxygen atoms in total. The van der Waals surface area contributed by atoms with Crippen molar-refractivity contribution in [1.29, 1.82) is 0 Å². The summed E-state index contributed by atoms with van der Waals surface area (Å²) in [5, 5.41) is 0. The predicted octanol–water partition coefficient (Wildman–Crippen LogP) is 3.11. The summed E-state index contributed by atoms with van der Waals surface area (Å²) in [6.45, 7) is 1.30. The first-order valence-corrected chi connectivity index (χ1v) is 6.04. The number of nitrogens with zero attached hydrogens (tertiary/aromatic N) is 1. The zero-order valence-electron chi connectivity index (χ0n) is 11.8. The Bertz CT molecular complexity index is 570. The van der Waals surface area contributed by atoms with Gasteiger partial charge in [-0.25, -0.2) is 4.98 Å². The van der Waals surface area contributed by atoms with E-state index in [1.165, 1.54) is 6.92 Å². The Balaban J connectivity index is 3.43. The molecular weight excluding hydrogens is 336 g/mol. The van der Waals surface area contributed by atoms with Gasteiger partial charge in [0.25, 0.3) is 0 Å². The van der Waals surface area contributed by atoms with E-state index in [-0.39, 0.29) is 12.8 Å². The second kappa shape index (κ2) is 6.92. The van der Waals surface area contributed by atoms with Crippen LogP contribution in [0.1, 0.15) is 18.2 Å². The van der Waals surface area contributed by atoms with Gasteiger partial charge >= 0.3 is 18.5 Å². The van der Waals surface area contributed by atoms with Crippen LogP contribution >= 0.6 is 0 Å². The van der Waals surface area contributed by atoms with Gasteiger partial charge in [0.2, 0.25) is 0 Å². The number of methoxy groups -OCH3 is 1. The zero-order valence-corrected chi connectivity index (χ0v) is 11.8. The Hall–Kier alpha value is -2.20. The number of aromatic nitrogens is 1. The molecule has 0 fully saturated rings. The van der Waals surface area contributed by atoms with Gasteiger partial charge in [-0.3, -0.25) is 4.79 Å². The average Bonchev–Trinajstić information content (AvgIpc) is 2.35. The van der Waals surface area contributed by atoms with Crippen LogP contribution in [0.5, 0.6) is 11.5 Å². The topological polar surface area (TPSA) is 57.7 Å². The van der Waals surface area contributed by atoms with Crippen LogP contribution < -0.4 is 9.47 Å². The molecule has 0 aliphatic rings. The molecule has 0 amide bonds. The minimum Gasteiger partial charge on any atom is -0.492 e. The van der Waals surface area contributed by atoms with Crippen molar-refractivity contribution in [3.05, 3.63) is 17.5 Å². The maximum atomic E-state index is 12.9. The van der Waals surface area contributed by atoms with Crippen molar-refractivity contribution >= 4 is 5.97 Å². The molecule has 23 heavy (non-hydrogen) atoms. The van der Waals surface area contributed by atoms with E-state index in [9.17, 15) is 31.1 Å². The van der Waals surface area contributed by atoms with Crippen LogP contribution in [0.2, 0.25) is 0 Å². The highest BCUT2D eigenvalue weighted by Gasteiger charge is 2.40. The van der Waals surface area contributed by atoms with Crippen molar-refractivity contribution in [2.75, 3.05) is 13.7 Å². The lowest BCUT2D eigenvalue weighted by Crippen LogP contribution is -2.21. The number of halogens is 6. The van der Waals surface area contributed by atoms with Gasteiger partial charge in [-0.2, -0.15) is 13.2 Å². The molecule has 1 heterocycles. The highest BCUT2D eigenvalue weighted by Crippen LogP contribution is 2.41. The van der Waals surface area contributed by atoms with Crippen LogP contribution in [0, 0.1) is 0 Å². The summed E-state index contributed by atoms with van der Waals surface area (Å²) in [5.41, 5.74) is -2.46. The molecule has 0 radical (unpaired) electrons. The van der Waals surface area contributed by atoms with E-state index in [0.717, 1.165) is 7.11 Å². The third-order valence-corrected chi connectivity index (χ3v) is 2.42. The van der Waals surface area contributed by atoms with Crippen molar-refractivity contribution in [1.82, 2.24) is 4.98 Å². The van der Waals surface area contributed by atoms with Crippen LogP contribution in [0.4, 0.5) is 26.3 Å². The molecule has 130 valence electrons. The molecule has 0 spiro atoms. The number of hydrogen-bond acceptors (Lipinski definition) is 5. The van der Waals surface area contributed by atoms with E-state index in [1.807, 2.05) is 0 Å². The Morgan fingerprint density at radius 2 is 1.83 bits per heavy atom. The highest BCUT2D eigenvalue weighted by molar-refractivity contribution is 5.74. The number of pyridine rings is 1. The molecule has 0 aromatic carbocycles. The lowest BCUT2D eigenvalue weighted by atomic mass is 10.1. The summed E-state index contributed by atoms with van der Waals surface area (Å²) >= 11 is 0. The third kappa shape index (κ3) is 5.18. The number of carbonyl (C=O) groups excluding carboxylic acids is 1. The van der Waals surface area contributed by atoms with E-state index in [2.05, 4.69) is 19.2 Å². The van der Waals surface area contributed by atoms with Crippen LogP contribution in [0.25, 0.3) is 0 Å². The lowest BCUT2D eigenvalue weighted by Gasteiger charge is -2.18. The smallest absolute Gasteiger partial charge is 0.492 e. The van der Waals surface area contributed by atoms with E-state index >= 15 is 0 Å². The summed E-state index contributed by atoms with van der Waals surface area (Å²) in [5.74, 6) is -3.06. The van der Waals surface area contributed by atoms with Gasteiger partial charge in [0.1, 0.15) is 0 Å². The van der Waals surface area contributed by atoms with E-state index in [4.69, 9.17) is 0 Å². The molecule has 0 atom stereocenters. The molecule has 11 heteroatoms. The molecule has 0 N–H and O–H groups in total. The molecule has 0 aliphatic carbocycles. The number of ether oxygens (including phenoxy) is 3. The molecule has 0 bridgehead atoms. The van der Waals surface area contributed by atoms with Gasteiger partial charge in [-0.05, 0) is 6.92 Å². The fourth-order valence-electron chi connectivity index (χ4n) is 1.70. The largest absolute Gasteiger partial charge is 0.573 e. The quantitative estimate of drug-likeness (QED) is 0.605. The Morgan fingerprint density at radius 1 is 1.22 bits per heavy atom. The summed E-state index contributed by atoms with van der Waals surface area (Å²) in [4.78, 5) is 14.3. The van der Waals surface area contributed by atoms with Crippen molar-refractivity contribution < 1.29 is 45.3 Å². The van der Waals surface area contributed by atoms with E-state index in [1.54, 1.807) is 0 Å². The monoisotopic (exact) mass is 347 g/mol. The van der Waals surface area contributed by atoms with Crippen LogP contribution in [0.3, 0.4) is 0 Å². The normalized spacial score (nSPS) is 12.0. The molecule has 0 saturated carbocycles. The van der Waals surface area contributed by atoms with Crippen molar-refractivity contribution in [3.63, 3.8) is 0 Å². The van der Waals surface area contributed by atoms with Gasteiger partial charge in [-0.1, -0.05) is 0 Å². The van der Waals surface area contributed by atoms with Crippen LogP contribution in [-0.4, -0.2) is 31.0 Å². The minimum absolute atomic E-state index is 0.116. The maximum Gasteiger partial charge on any atom is 0.573 e. The summed E-state index contributed by atoms with van der Waals surface area (Å²) in [6.07, 6.45) is -10.9. The van der Waals surface area contributed by atoms with Gasteiger partial charge < -0.3 is 14.2 Å². The van der Waals surface area contributed by atoms with E-state index < -0.39 is 47.7 Å². The third-order valence-electron chi connectivity index (χ3n) is 2.42. The SMILES string of the molecule is CCOC(=O)Cc1c(C(F)(F)F)ncc(OC(F)(F)F)c1OC. The number of carbonyl (C=O) groups is 1. The number of rotatable bonds is 5. The molecular formula is C12H11F6NO4. The van der Waals surface area contributed by atoms with Gasteiger partial charge in [0.15, 0.2) is 17.2 Å². The molecule has 0 saturated heterocycles.